The van der Waals surface area contributed by atoms with Crippen LogP contribution < -0.4 is 0 Å². The average molecular weight is 341 g/mol. The van der Waals surface area contributed by atoms with E-state index in [0.29, 0.717) is 43.1 Å². The van der Waals surface area contributed by atoms with Crippen molar-refractivity contribution in [1.82, 2.24) is 9.47 Å². The van der Waals surface area contributed by atoms with Crippen LogP contribution in [-0.4, -0.2) is 34.6 Å². The van der Waals surface area contributed by atoms with Crippen LogP contribution in [-0.2, 0) is 6.54 Å². The third-order valence-corrected chi connectivity index (χ3v) is 4.89. The van der Waals surface area contributed by atoms with Crippen molar-refractivity contribution in [1.29, 1.82) is 5.26 Å². The van der Waals surface area contributed by atoms with E-state index in [-0.39, 0.29) is 5.91 Å². The Bertz CT molecular complexity index is 810. The third-order valence-electron chi connectivity index (χ3n) is 4.89. The second kappa shape index (κ2) is 7.26. The van der Waals surface area contributed by atoms with Crippen molar-refractivity contribution < 1.29 is 9.18 Å². The minimum atomic E-state index is -0.797. The van der Waals surface area contributed by atoms with Crippen LogP contribution in [0.15, 0.2) is 24.3 Å². The molecule has 1 aliphatic heterocycles. The summed E-state index contributed by atoms with van der Waals surface area (Å²) in [4.78, 5) is 14.8. The van der Waals surface area contributed by atoms with Crippen molar-refractivity contribution >= 4 is 16.8 Å². The van der Waals surface area contributed by atoms with Crippen LogP contribution in [0.25, 0.3) is 10.9 Å². The van der Waals surface area contributed by atoms with Gasteiger partial charge in [0.05, 0.1) is 11.6 Å². The number of alkyl halides is 1. The zero-order valence-corrected chi connectivity index (χ0v) is 14.8. The maximum Gasteiger partial charge on any atom is 0.270 e. The summed E-state index contributed by atoms with van der Waals surface area (Å²) in [5.74, 6) is 0.479. The molecule has 0 unspecified atom stereocenters. The monoisotopic (exact) mass is 341 g/mol. The lowest BCUT2D eigenvalue weighted by Gasteiger charge is -2.29. The maximum absolute atomic E-state index is 13.4. The van der Waals surface area contributed by atoms with Gasteiger partial charge in [-0.3, -0.25) is 4.79 Å². The quantitative estimate of drug-likeness (QED) is 0.839. The topological polar surface area (TPSA) is 49.0 Å². The van der Waals surface area contributed by atoms with Gasteiger partial charge in [0.25, 0.3) is 5.91 Å². The molecule has 1 aromatic carbocycles. The lowest BCUT2D eigenvalue weighted by molar-refractivity contribution is 0.0656. The highest BCUT2D eigenvalue weighted by Gasteiger charge is 2.26. The SMILES string of the molecule is CC(C)CCn1c(C(=O)N2CCC(F)CC2)cc2ccc(C#N)cc21. The molecule has 0 N–H and O–H groups in total. The number of benzene rings is 1. The summed E-state index contributed by atoms with van der Waals surface area (Å²) >= 11 is 0. The number of nitriles is 1. The smallest absolute Gasteiger partial charge is 0.270 e. The maximum atomic E-state index is 13.4. The first-order valence-electron chi connectivity index (χ1n) is 8.96. The van der Waals surface area contributed by atoms with Gasteiger partial charge in [0.1, 0.15) is 11.9 Å². The molecule has 1 fully saturated rings. The predicted molar refractivity (Wildman–Crippen MR) is 96.1 cm³/mol. The third kappa shape index (κ3) is 3.68. The molecule has 0 atom stereocenters. The zero-order chi connectivity index (χ0) is 18.0. The number of rotatable bonds is 4. The molecule has 1 aromatic heterocycles. The second-order valence-corrected chi connectivity index (χ2v) is 7.22. The van der Waals surface area contributed by atoms with Gasteiger partial charge in [-0.05, 0) is 43.4 Å². The molecule has 0 radical (unpaired) electrons. The van der Waals surface area contributed by atoms with Gasteiger partial charge in [0.15, 0.2) is 0 Å². The molecule has 1 aliphatic rings. The van der Waals surface area contributed by atoms with Crippen LogP contribution in [0.1, 0.15) is 49.2 Å². The standard InChI is InChI=1S/C20H24FN3O/c1-14(2)5-10-24-18-11-15(13-22)3-4-16(18)12-19(24)20(25)23-8-6-17(21)7-9-23/h3-4,11-12,14,17H,5-10H2,1-2H3. The highest BCUT2D eigenvalue weighted by Crippen LogP contribution is 2.25. The Morgan fingerprint density at radius 2 is 2.04 bits per heavy atom. The van der Waals surface area contributed by atoms with Crippen molar-refractivity contribution in [2.75, 3.05) is 13.1 Å². The van der Waals surface area contributed by atoms with Gasteiger partial charge in [-0.2, -0.15) is 5.26 Å². The van der Waals surface area contributed by atoms with Crippen LogP contribution >= 0.6 is 0 Å². The Hall–Kier alpha value is -2.35. The first-order valence-corrected chi connectivity index (χ1v) is 8.96. The Balaban J connectivity index is 1.99. The molecule has 2 heterocycles. The number of hydrogen-bond donors (Lipinski definition) is 0. The van der Waals surface area contributed by atoms with Crippen molar-refractivity contribution in [3.05, 3.63) is 35.5 Å². The Kier molecular flexibility index (Phi) is 5.08. The first-order chi connectivity index (χ1) is 12.0. The number of aromatic nitrogens is 1. The summed E-state index contributed by atoms with van der Waals surface area (Å²) < 4.78 is 15.4. The highest BCUT2D eigenvalue weighted by atomic mass is 19.1. The second-order valence-electron chi connectivity index (χ2n) is 7.22. The van der Waals surface area contributed by atoms with Gasteiger partial charge in [0.2, 0.25) is 0 Å². The highest BCUT2D eigenvalue weighted by molar-refractivity contribution is 5.99. The molecule has 3 rings (SSSR count). The lowest BCUT2D eigenvalue weighted by Crippen LogP contribution is -2.39. The van der Waals surface area contributed by atoms with Gasteiger partial charge in [-0.25, -0.2) is 4.39 Å². The molecule has 2 aromatic rings. The lowest BCUT2D eigenvalue weighted by atomic mass is 10.1. The minimum Gasteiger partial charge on any atom is -0.337 e. The molecule has 4 nitrogen and oxygen atoms in total. The average Bonchev–Trinajstić information content (AvgIpc) is 2.97. The summed E-state index contributed by atoms with van der Waals surface area (Å²) in [5, 5.41) is 10.1. The molecule has 0 saturated carbocycles. The Morgan fingerprint density at radius 3 is 2.68 bits per heavy atom. The summed E-state index contributed by atoms with van der Waals surface area (Å²) in [6.07, 6.45) is 0.981. The molecular weight excluding hydrogens is 317 g/mol. The van der Waals surface area contributed by atoms with E-state index < -0.39 is 6.17 Å². The largest absolute Gasteiger partial charge is 0.337 e. The molecule has 0 bridgehead atoms. The van der Waals surface area contributed by atoms with Crippen LogP contribution in [0.5, 0.6) is 0 Å². The number of carbonyl (C=O) groups is 1. The molecule has 5 heteroatoms. The number of carbonyl (C=O) groups excluding carboxylic acids is 1. The fourth-order valence-electron chi connectivity index (χ4n) is 3.34. The van der Waals surface area contributed by atoms with Gasteiger partial charge >= 0.3 is 0 Å². The summed E-state index contributed by atoms with van der Waals surface area (Å²) in [6.45, 7) is 5.97. The number of nitrogens with zero attached hydrogens (tertiary/aromatic N) is 3. The van der Waals surface area contributed by atoms with Gasteiger partial charge < -0.3 is 9.47 Å². The molecule has 1 amide bonds. The van der Waals surface area contributed by atoms with Crippen molar-refractivity contribution in [2.24, 2.45) is 5.92 Å². The molecule has 0 aliphatic carbocycles. The van der Waals surface area contributed by atoms with E-state index in [1.165, 1.54) is 0 Å². The van der Waals surface area contributed by atoms with Gasteiger partial charge in [-0.1, -0.05) is 19.9 Å². The van der Waals surface area contributed by atoms with E-state index in [2.05, 4.69) is 19.9 Å². The van der Waals surface area contributed by atoms with Crippen LogP contribution in [0.4, 0.5) is 4.39 Å². The number of piperidine rings is 1. The number of aryl methyl sites for hydroxylation is 1. The molecule has 1 saturated heterocycles. The van der Waals surface area contributed by atoms with Gasteiger partial charge in [0, 0.05) is 30.5 Å². The summed E-state index contributed by atoms with van der Waals surface area (Å²) in [7, 11) is 0. The molecular formula is C20H24FN3O. The number of fused-ring (bicyclic) bond motifs is 1. The van der Waals surface area contributed by atoms with E-state index >= 15 is 0 Å². The van der Waals surface area contributed by atoms with Crippen LogP contribution in [0, 0.1) is 17.2 Å². The number of halogens is 1. The van der Waals surface area contributed by atoms with Crippen LogP contribution in [0.2, 0.25) is 0 Å². The van der Waals surface area contributed by atoms with Crippen molar-refractivity contribution in [3.8, 4) is 6.07 Å². The van der Waals surface area contributed by atoms with E-state index in [0.717, 1.165) is 23.9 Å². The zero-order valence-electron chi connectivity index (χ0n) is 14.8. The van der Waals surface area contributed by atoms with E-state index in [1.807, 2.05) is 22.8 Å². The first kappa shape index (κ1) is 17.5. The Morgan fingerprint density at radius 1 is 1.32 bits per heavy atom. The fourth-order valence-corrected chi connectivity index (χ4v) is 3.34. The normalized spacial score (nSPS) is 15.7. The van der Waals surface area contributed by atoms with E-state index in [4.69, 9.17) is 0 Å². The predicted octanol–water partition coefficient (Wildman–Crippen LogP) is 4.13. The minimum absolute atomic E-state index is 0.0367. The Labute approximate surface area is 147 Å². The van der Waals surface area contributed by atoms with E-state index in [1.54, 1.807) is 11.0 Å². The van der Waals surface area contributed by atoms with Crippen LogP contribution in [0.3, 0.4) is 0 Å². The molecule has 0 spiro atoms. The molecule has 25 heavy (non-hydrogen) atoms. The number of likely N-dealkylation sites (tertiary alicyclic amines) is 1. The number of hydrogen-bond acceptors (Lipinski definition) is 2. The van der Waals surface area contributed by atoms with Gasteiger partial charge in [-0.15, -0.1) is 0 Å². The van der Waals surface area contributed by atoms with E-state index in [9.17, 15) is 14.4 Å². The summed E-state index contributed by atoms with van der Waals surface area (Å²) in [6, 6.07) is 9.59. The van der Waals surface area contributed by atoms with Crippen molar-refractivity contribution in [2.45, 2.75) is 45.8 Å². The molecule has 132 valence electrons. The van der Waals surface area contributed by atoms with Crippen molar-refractivity contribution in [3.63, 3.8) is 0 Å². The fraction of sp³-hybridized carbons (Fsp3) is 0.500. The number of amides is 1. The summed E-state index contributed by atoms with van der Waals surface area (Å²) in [5.41, 5.74) is 2.15.